The Morgan fingerprint density at radius 3 is 2.25 bits per heavy atom. The Balaban J connectivity index is 2.84. The molecule has 0 saturated carbocycles. The van der Waals surface area contributed by atoms with E-state index in [1.165, 1.54) is 0 Å². The quantitative estimate of drug-likeness (QED) is 0.0739. The van der Waals surface area contributed by atoms with E-state index in [0.29, 0.717) is 19.4 Å². The fraction of sp³-hybridized carbons (Fsp3) is 0.667. The summed E-state index contributed by atoms with van der Waals surface area (Å²) in [5, 5.41) is 27.9. The van der Waals surface area contributed by atoms with E-state index in [0.717, 1.165) is 6.42 Å². The predicted molar refractivity (Wildman–Crippen MR) is 112 cm³/mol. The van der Waals surface area contributed by atoms with Crippen LogP contribution in [-0.2, 0) is 24.0 Å². The number of nitrogens with zero attached hydrogens (tertiary/aromatic N) is 1. The van der Waals surface area contributed by atoms with Crippen molar-refractivity contribution in [2.75, 3.05) is 19.6 Å². The Kier molecular flexibility index (Phi) is 11.5. The molecule has 0 aromatic carbocycles. The predicted octanol–water partition coefficient (Wildman–Crippen LogP) is -3.17. The highest BCUT2D eigenvalue weighted by molar-refractivity contribution is 5.94. The van der Waals surface area contributed by atoms with Crippen LogP contribution >= 0.6 is 0 Å². The number of carbonyl (C=O) groups excluding carboxylic acids is 3. The molecule has 1 saturated heterocycles. The summed E-state index contributed by atoms with van der Waals surface area (Å²) >= 11 is 0. The maximum absolute atomic E-state index is 12.8. The van der Waals surface area contributed by atoms with Gasteiger partial charge in [0.2, 0.25) is 17.7 Å². The van der Waals surface area contributed by atoms with Crippen molar-refractivity contribution in [1.29, 1.82) is 0 Å². The lowest BCUT2D eigenvalue weighted by atomic mass is 10.1. The molecule has 14 heteroatoms. The molecule has 1 aliphatic rings. The Bertz CT molecular complexity index is 718. The summed E-state index contributed by atoms with van der Waals surface area (Å²) in [7, 11) is 0. The standard InChI is InChI=1S/C18H31N7O7/c19-18(20)22-8-2-4-11(15(30)23-9-14(28)29)24-17(32)12(5-6-13(26)27)25-16(31)10-3-1-7-21-10/h10-12,21H,1-9H2,(H,23,30)(H,24,32)(H,25,31)(H,26,27)(H,28,29)(H4,19,20,22). The molecular weight excluding hydrogens is 426 g/mol. The molecule has 1 fully saturated rings. The van der Waals surface area contributed by atoms with Gasteiger partial charge in [-0.15, -0.1) is 0 Å². The van der Waals surface area contributed by atoms with Crippen LogP contribution in [-0.4, -0.2) is 83.6 Å². The zero-order chi connectivity index (χ0) is 24.1. The number of guanidine groups is 1. The molecular formula is C18H31N7O7. The summed E-state index contributed by atoms with van der Waals surface area (Å²) in [4.78, 5) is 63.0. The molecule has 0 radical (unpaired) electrons. The zero-order valence-electron chi connectivity index (χ0n) is 17.6. The van der Waals surface area contributed by atoms with Gasteiger partial charge < -0.3 is 42.9 Å². The van der Waals surface area contributed by atoms with E-state index < -0.39 is 54.3 Å². The van der Waals surface area contributed by atoms with Gasteiger partial charge in [0.25, 0.3) is 0 Å². The van der Waals surface area contributed by atoms with E-state index in [1.54, 1.807) is 0 Å². The summed E-state index contributed by atoms with van der Waals surface area (Å²) in [6, 6.07) is -2.80. The van der Waals surface area contributed by atoms with E-state index >= 15 is 0 Å². The maximum Gasteiger partial charge on any atom is 0.322 e. The second kappa shape index (κ2) is 13.8. The number of aliphatic carboxylic acids is 2. The van der Waals surface area contributed by atoms with Crippen LogP contribution in [0.25, 0.3) is 0 Å². The third-order valence-electron chi connectivity index (χ3n) is 4.65. The van der Waals surface area contributed by atoms with Crippen molar-refractivity contribution in [3.8, 4) is 0 Å². The number of nitrogens with one attached hydrogen (secondary N) is 4. The summed E-state index contributed by atoms with van der Waals surface area (Å²) in [6.45, 7) is 0.185. The van der Waals surface area contributed by atoms with Gasteiger partial charge in [-0.2, -0.15) is 0 Å². The number of rotatable bonds is 14. The Morgan fingerprint density at radius 1 is 1.00 bits per heavy atom. The lowest BCUT2D eigenvalue weighted by Crippen LogP contribution is -2.56. The first-order chi connectivity index (χ1) is 15.1. The van der Waals surface area contributed by atoms with Crippen LogP contribution in [0.1, 0.15) is 38.5 Å². The SMILES string of the molecule is NC(N)=NCCCC(NC(=O)C(CCC(=O)O)NC(=O)C1CCCN1)C(=O)NCC(=O)O. The average molecular weight is 457 g/mol. The second-order valence-corrected chi connectivity index (χ2v) is 7.26. The van der Waals surface area contributed by atoms with Gasteiger partial charge in [0.1, 0.15) is 18.6 Å². The number of carboxylic acids is 2. The molecule has 3 amide bonds. The van der Waals surface area contributed by atoms with Crippen molar-refractivity contribution in [1.82, 2.24) is 21.3 Å². The lowest BCUT2D eigenvalue weighted by molar-refractivity contribution is -0.138. The molecule has 3 atom stereocenters. The molecule has 3 unspecified atom stereocenters. The van der Waals surface area contributed by atoms with Gasteiger partial charge in [0, 0.05) is 13.0 Å². The molecule has 1 rings (SSSR count). The normalized spacial score (nSPS) is 16.9. The van der Waals surface area contributed by atoms with E-state index in [4.69, 9.17) is 21.7 Å². The molecule has 0 aromatic rings. The van der Waals surface area contributed by atoms with Gasteiger partial charge in [0.15, 0.2) is 5.96 Å². The lowest BCUT2D eigenvalue weighted by Gasteiger charge is -2.23. The number of hydrogen-bond donors (Lipinski definition) is 8. The fourth-order valence-electron chi connectivity index (χ4n) is 3.05. The second-order valence-electron chi connectivity index (χ2n) is 7.26. The minimum absolute atomic E-state index is 0.0811. The van der Waals surface area contributed by atoms with Crippen LogP contribution in [0.2, 0.25) is 0 Å². The van der Waals surface area contributed by atoms with Gasteiger partial charge in [-0.25, -0.2) is 0 Å². The Morgan fingerprint density at radius 2 is 1.69 bits per heavy atom. The molecule has 1 heterocycles. The van der Waals surface area contributed by atoms with Crippen molar-refractivity contribution in [2.45, 2.75) is 56.7 Å². The Labute approximate surface area is 184 Å². The number of carbonyl (C=O) groups is 5. The summed E-state index contributed by atoms with van der Waals surface area (Å²) < 4.78 is 0. The van der Waals surface area contributed by atoms with Crippen LogP contribution in [0.15, 0.2) is 4.99 Å². The largest absolute Gasteiger partial charge is 0.481 e. The van der Waals surface area contributed by atoms with Gasteiger partial charge in [0.05, 0.1) is 6.04 Å². The zero-order valence-corrected chi connectivity index (χ0v) is 17.6. The minimum Gasteiger partial charge on any atom is -0.481 e. The highest BCUT2D eigenvalue weighted by Crippen LogP contribution is 2.08. The van der Waals surface area contributed by atoms with Crippen LogP contribution in [0.3, 0.4) is 0 Å². The number of amides is 3. The van der Waals surface area contributed by atoms with Gasteiger partial charge in [-0.3, -0.25) is 29.0 Å². The number of aliphatic imine (C=N–C) groups is 1. The third-order valence-corrected chi connectivity index (χ3v) is 4.65. The van der Waals surface area contributed by atoms with Crippen LogP contribution < -0.4 is 32.7 Å². The highest BCUT2D eigenvalue weighted by atomic mass is 16.4. The fourth-order valence-corrected chi connectivity index (χ4v) is 3.05. The van der Waals surface area contributed by atoms with Gasteiger partial charge in [-0.1, -0.05) is 0 Å². The molecule has 0 bridgehead atoms. The molecule has 180 valence electrons. The van der Waals surface area contributed by atoms with Crippen molar-refractivity contribution in [2.24, 2.45) is 16.5 Å². The first-order valence-corrected chi connectivity index (χ1v) is 10.2. The van der Waals surface area contributed by atoms with Crippen LogP contribution in [0.5, 0.6) is 0 Å². The molecule has 14 nitrogen and oxygen atoms in total. The van der Waals surface area contributed by atoms with Crippen LogP contribution in [0, 0.1) is 0 Å². The summed E-state index contributed by atoms with van der Waals surface area (Å²) in [5.41, 5.74) is 10.5. The summed E-state index contributed by atoms with van der Waals surface area (Å²) in [6.07, 6.45) is 1.20. The molecule has 0 spiro atoms. The third kappa shape index (κ3) is 10.6. The number of hydrogen-bond acceptors (Lipinski definition) is 7. The monoisotopic (exact) mass is 457 g/mol. The van der Waals surface area contributed by atoms with E-state index in [1.807, 2.05) is 0 Å². The summed E-state index contributed by atoms with van der Waals surface area (Å²) in [5.74, 6) is -4.49. The van der Waals surface area contributed by atoms with E-state index in [9.17, 15) is 24.0 Å². The highest BCUT2D eigenvalue weighted by Gasteiger charge is 2.30. The average Bonchev–Trinajstić information content (AvgIpc) is 3.25. The number of carboxylic acid groups (broad SMARTS) is 2. The van der Waals surface area contributed by atoms with Gasteiger partial charge >= 0.3 is 11.9 Å². The van der Waals surface area contributed by atoms with Crippen molar-refractivity contribution in [3.05, 3.63) is 0 Å². The van der Waals surface area contributed by atoms with E-state index in [2.05, 4.69) is 26.3 Å². The molecule has 10 N–H and O–H groups in total. The van der Waals surface area contributed by atoms with Crippen molar-refractivity contribution in [3.63, 3.8) is 0 Å². The molecule has 32 heavy (non-hydrogen) atoms. The first-order valence-electron chi connectivity index (χ1n) is 10.2. The van der Waals surface area contributed by atoms with Gasteiger partial charge in [-0.05, 0) is 38.6 Å². The molecule has 1 aliphatic heterocycles. The topological polar surface area (TPSA) is 238 Å². The van der Waals surface area contributed by atoms with E-state index in [-0.39, 0.29) is 31.8 Å². The molecule has 0 aliphatic carbocycles. The molecule has 0 aromatic heterocycles. The first kappa shape index (κ1) is 26.6. The Hall–Kier alpha value is -3.42. The smallest absolute Gasteiger partial charge is 0.322 e. The number of nitrogens with two attached hydrogens (primary N) is 2. The van der Waals surface area contributed by atoms with Crippen molar-refractivity contribution < 1.29 is 34.2 Å². The van der Waals surface area contributed by atoms with Crippen LogP contribution in [0.4, 0.5) is 0 Å². The maximum atomic E-state index is 12.8. The van der Waals surface area contributed by atoms with Crippen molar-refractivity contribution >= 4 is 35.6 Å². The minimum atomic E-state index is -1.26.